The van der Waals surface area contributed by atoms with Crippen LogP contribution in [0.3, 0.4) is 0 Å². The van der Waals surface area contributed by atoms with E-state index in [4.69, 9.17) is 4.74 Å². The van der Waals surface area contributed by atoms with Crippen LogP contribution < -0.4 is 10.6 Å². The fourth-order valence-corrected chi connectivity index (χ4v) is 1.83. The summed E-state index contributed by atoms with van der Waals surface area (Å²) in [6, 6.07) is 7.13. The van der Waals surface area contributed by atoms with Gasteiger partial charge in [-0.05, 0) is 25.8 Å². The van der Waals surface area contributed by atoms with Crippen molar-refractivity contribution in [1.82, 2.24) is 10.6 Å². The van der Waals surface area contributed by atoms with E-state index in [0.717, 1.165) is 17.5 Å². The van der Waals surface area contributed by atoms with Crippen LogP contribution in [0, 0.1) is 6.92 Å². The normalized spacial score (nSPS) is 13.1. The Labute approximate surface area is 126 Å². The van der Waals surface area contributed by atoms with Crippen molar-refractivity contribution in [3.05, 3.63) is 35.4 Å². The summed E-state index contributed by atoms with van der Waals surface area (Å²) in [6.07, 6.45) is 0.951. The van der Waals surface area contributed by atoms with E-state index in [9.17, 15) is 9.59 Å². The Morgan fingerprint density at radius 3 is 2.33 bits per heavy atom. The number of hydrogen-bond donors (Lipinski definition) is 2. The maximum atomic E-state index is 12.0. The van der Waals surface area contributed by atoms with Crippen LogP contribution in [0.15, 0.2) is 24.3 Å². The Hall–Kier alpha value is -2.04. The summed E-state index contributed by atoms with van der Waals surface area (Å²) in [5, 5.41) is 5.66. The highest BCUT2D eigenvalue weighted by Gasteiger charge is 2.19. The summed E-state index contributed by atoms with van der Waals surface area (Å²) >= 11 is 0. The first-order chi connectivity index (χ1) is 9.96. The van der Waals surface area contributed by atoms with Crippen molar-refractivity contribution < 1.29 is 14.3 Å². The Bertz CT molecular complexity index is 471. The first-order valence-electron chi connectivity index (χ1n) is 7.16. The molecule has 2 atom stereocenters. The van der Waals surface area contributed by atoms with Gasteiger partial charge in [0.25, 0.3) is 0 Å². The number of urea groups is 1. The molecule has 0 fully saturated rings. The summed E-state index contributed by atoms with van der Waals surface area (Å²) < 4.78 is 4.70. The second kappa shape index (κ2) is 8.29. The van der Waals surface area contributed by atoms with Gasteiger partial charge in [-0.25, -0.2) is 4.79 Å². The largest absolute Gasteiger partial charge is 0.469 e. The van der Waals surface area contributed by atoms with Crippen LogP contribution in [0.4, 0.5) is 4.79 Å². The lowest BCUT2D eigenvalue weighted by Crippen LogP contribution is -2.42. The second-order valence-electron chi connectivity index (χ2n) is 5.17. The van der Waals surface area contributed by atoms with Crippen LogP contribution in [-0.4, -0.2) is 25.2 Å². The average Bonchev–Trinajstić information content (AvgIpc) is 2.46. The summed E-state index contributed by atoms with van der Waals surface area (Å²) in [5.41, 5.74) is 2.00. The lowest BCUT2D eigenvalue weighted by Gasteiger charge is -2.20. The minimum atomic E-state index is -0.401. The highest BCUT2D eigenvalue weighted by molar-refractivity contribution is 5.76. The standard InChI is InChI=1S/C16H24N2O3/c1-5-12(3)17-16(20)18-14(10-15(19)21-4)13-8-6-11(2)7-9-13/h6-9,12,14H,5,10H2,1-4H3,(H2,17,18,20)/t12-,14-/m0/s1. The molecule has 5 heteroatoms. The van der Waals surface area contributed by atoms with Gasteiger partial charge in [0, 0.05) is 6.04 Å². The zero-order valence-electron chi connectivity index (χ0n) is 13.1. The van der Waals surface area contributed by atoms with E-state index >= 15 is 0 Å². The van der Waals surface area contributed by atoms with E-state index in [1.54, 1.807) is 0 Å². The van der Waals surface area contributed by atoms with Crippen molar-refractivity contribution in [1.29, 1.82) is 0 Å². The molecule has 0 radical (unpaired) electrons. The Morgan fingerprint density at radius 1 is 1.19 bits per heavy atom. The molecule has 0 aliphatic rings. The fourth-order valence-electron chi connectivity index (χ4n) is 1.83. The van der Waals surface area contributed by atoms with Gasteiger partial charge in [-0.2, -0.15) is 0 Å². The van der Waals surface area contributed by atoms with E-state index in [2.05, 4.69) is 10.6 Å². The number of carbonyl (C=O) groups excluding carboxylic acids is 2. The highest BCUT2D eigenvalue weighted by Crippen LogP contribution is 2.18. The predicted molar refractivity (Wildman–Crippen MR) is 82.0 cm³/mol. The van der Waals surface area contributed by atoms with E-state index in [1.807, 2.05) is 45.0 Å². The van der Waals surface area contributed by atoms with Crippen LogP contribution in [0.2, 0.25) is 0 Å². The van der Waals surface area contributed by atoms with E-state index in [1.165, 1.54) is 7.11 Å². The van der Waals surface area contributed by atoms with Gasteiger partial charge < -0.3 is 15.4 Å². The van der Waals surface area contributed by atoms with Crippen molar-refractivity contribution >= 4 is 12.0 Å². The fraction of sp³-hybridized carbons (Fsp3) is 0.500. The van der Waals surface area contributed by atoms with Gasteiger partial charge in [-0.1, -0.05) is 36.8 Å². The van der Waals surface area contributed by atoms with Gasteiger partial charge >= 0.3 is 12.0 Å². The Morgan fingerprint density at radius 2 is 1.81 bits per heavy atom. The number of ether oxygens (including phenoxy) is 1. The molecule has 0 spiro atoms. The molecular formula is C16H24N2O3. The summed E-state index contributed by atoms with van der Waals surface area (Å²) in [5.74, 6) is -0.357. The quantitative estimate of drug-likeness (QED) is 0.792. The van der Waals surface area contributed by atoms with Crippen molar-refractivity contribution in [3.8, 4) is 0 Å². The van der Waals surface area contributed by atoms with Gasteiger partial charge in [0.05, 0.1) is 19.6 Å². The second-order valence-corrected chi connectivity index (χ2v) is 5.17. The molecule has 21 heavy (non-hydrogen) atoms. The van der Waals surface area contributed by atoms with Crippen LogP contribution in [0.5, 0.6) is 0 Å². The first-order valence-corrected chi connectivity index (χ1v) is 7.16. The number of nitrogens with one attached hydrogen (secondary N) is 2. The molecule has 0 aromatic heterocycles. The number of benzene rings is 1. The van der Waals surface area contributed by atoms with Gasteiger partial charge in [0.15, 0.2) is 0 Å². The number of carbonyl (C=O) groups is 2. The van der Waals surface area contributed by atoms with Crippen molar-refractivity contribution in [3.63, 3.8) is 0 Å². The average molecular weight is 292 g/mol. The van der Waals surface area contributed by atoms with Crippen LogP contribution >= 0.6 is 0 Å². The number of methoxy groups -OCH3 is 1. The number of rotatable bonds is 6. The molecule has 0 aliphatic heterocycles. The monoisotopic (exact) mass is 292 g/mol. The molecule has 2 N–H and O–H groups in total. The number of aryl methyl sites for hydroxylation is 1. The molecule has 0 aliphatic carbocycles. The molecule has 1 rings (SSSR count). The molecule has 5 nitrogen and oxygen atoms in total. The van der Waals surface area contributed by atoms with Gasteiger partial charge in [0.1, 0.15) is 0 Å². The third-order valence-corrected chi connectivity index (χ3v) is 3.37. The highest BCUT2D eigenvalue weighted by atomic mass is 16.5. The number of amides is 2. The predicted octanol–water partition coefficient (Wildman–Crippen LogP) is 2.70. The van der Waals surface area contributed by atoms with Gasteiger partial charge in [-0.15, -0.1) is 0 Å². The molecule has 2 amide bonds. The minimum absolute atomic E-state index is 0.0850. The zero-order chi connectivity index (χ0) is 15.8. The summed E-state index contributed by atoms with van der Waals surface area (Å²) in [4.78, 5) is 23.5. The molecular weight excluding hydrogens is 268 g/mol. The Kier molecular flexibility index (Phi) is 6.72. The lowest BCUT2D eigenvalue weighted by molar-refractivity contribution is -0.141. The topological polar surface area (TPSA) is 67.4 Å². The summed E-state index contributed by atoms with van der Waals surface area (Å²) in [6.45, 7) is 5.92. The molecule has 0 saturated heterocycles. The smallest absolute Gasteiger partial charge is 0.315 e. The molecule has 0 unspecified atom stereocenters. The molecule has 116 valence electrons. The van der Waals surface area contributed by atoms with Gasteiger partial charge in [0.2, 0.25) is 0 Å². The Balaban J connectivity index is 2.79. The third kappa shape index (κ3) is 5.85. The molecule has 0 heterocycles. The third-order valence-electron chi connectivity index (χ3n) is 3.37. The number of esters is 1. The lowest BCUT2D eigenvalue weighted by atomic mass is 10.0. The van der Waals surface area contributed by atoms with Crippen LogP contribution in [0.25, 0.3) is 0 Å². The van der Waals surface area contributed by atoms with Gasteiger partial charge in [-0.3, -0.25) is 4.79 Å². The number of hydrogen-bond acceptors (Lipinski definition) is 3. The maximum absolute atomic E-state index is 12.0. The van der Waals surface area contributed by atoms with Crippen molar-refractivity contribution in [2.24, 2.45) is 0 Å². The van der Waals surface area contributed by atoms with E-state index in [0.29, 0.717) is 0 Å². The van der Waals surface area contributed by atoms with E-state index in [-0.39, 0.29) is 24.5 Å². The summed E-state index contributed by atoms with van der Waals surface area (Å²) in [7, 11) is 1.34. The van der Waals surface area contributed by atoms with E-state index < -0.39 is 6.04 Å². The molecule has 0 bridgehead atoms. The van der Waals surface area contributed by atoms with Crippen molar-refractivity contribution in [2.75, 3.05) is 7.11 Å². The first kappa shape index (κ1) is 17.0. The SMILES string of the molecule is CC[C@H](C)NC(=O)N[C@@H](CC(=O)OC)c1ccc(C)cc1. The zero-order valence-corrected chi connectivity index (χ0v) is 13.1. The maximum Gasteiger partial charge on any atom is 0.315 e. The van der Waals surface area contributed by atoms with Crippen molar-refractivity contribution in [2.45, 2.75) is 45.7 Å². The minimum Gasteiger partial charge on any atom is -0.469 e. The molecule has 0 saturated carbocycles. The van der Waals surface area contributed by atoms with Crippen LogP contribution in [0.1, 0.15) is 43.9 Å². The molecule has 1 aromatic rings. The van der Waals surface area contributed by atoms with Crippen LogP contribution in [-0.2, 0) is 9.53 Å². The molecule has 1 aromatic carbocycles.